The molecule has 2 heterocycles. The van der Waals surface area contributed by atoms with Crippen molar-refractivity contribution >= 4 is 35.2 Å². The lowest BCUT2D eigenvalue weighted by Crippen LogP contribution is -2.33. The number of nitrogens with zero attached hydrogens (tertiary/aromatic N) is 4. The molecular formula is C18H24ClN5OS. The molecule has 1 aliphatic heterocycles. The van der Waals surface area contributed by atoms with Crippen LogP contribution in [-0.2, 0) is 4.79 Å². The molecule has 26 heavy (non-hydrogen) atoms. The minimum Gasteiger partial charge on any atom is -0.353 e. The minimum atomic E-state index is 0.000723. The van der Waals surface area contributed by atoms with Crippen LogP contribution >= 0.6 is 23.4 Å². The first kappa shape index (κ1) is 19.0. The van der Waals surface area contributed by atoms with Crippen LogP contribution in [0.25, 0.3) is 5.69 Å². The van der Waals surface area contributed by atoms with E-state index in [9.17, 15) is 4.79 Å². The molecule has 1 aliphatic rings. The number of thioether (sulfide) groups is 1. The topological polar surface area (TPSA) is 63.1 Å². The second-order valence-corrected chi connectivity index (χ2v) is 7.78. The molecule has 0 saturated carbocycles. The average molecular weight is 394 g/mol. The van der Waals surface area contributed by atoms with Crippen molar-refractivity contribution in [3.05, 3.63) is 29.3 Å². The molecule has 8 heteroatoms. The summed E-state index contributed by atoms with van der Waals surface area (Å²) in [6.45, 7) is 5.97. The van der Waals surface area contributed by atoms with E-state index < -0.39 is 0 Å². The lowest BCUT2D eigenvalue weighted by Gasteiger charge is -2.19. The SMILES string of the molecule is CCC(C)NC(=O)CSc1nnc(N2CCCC2)n1-c1ccccc1Cl. The maximum atomic E-state index is 12.1. The fourth-order valence-electron chi connectivity index (χ4n) is 2.87. The summed E-state index contributed by atoms with van der Waals surface area (Å²) < 4.78 is 1.97. The number of anilines is 1. The summed E-state index contributed by atoms with van der Waals surface area (Å²) in [6.07, 6.45) is 3.20. The van der Waals surface area contributed by atoms with Gasteiger partial charge in [0.15, 0.2) is 5.16 Å². The van der Waals surface area contributed by atoms with E-state index in [4.69, 9.17) is 11.6 Å². The molecule has 1 unspecified atom stereocenters. The molecule has 1 aromatic heterocycles. The molecule has 140 valence electrons. The molecule has 1 amide bonds. The van der Waals surface area contributed by atoms with Gasteiger partial charge in [0.05, 0.1) is 16.5 Å². The summed E-state index contributed by atoms with van der Waals surface area (Å²) in [5, 5.41) is 13.0. The van der Waals surface area contributed by atoms with Crippen LogP contribution in [0.5, 0.6) is 0 Å². The first-order valence-corrected chi connectivity index (χ1v) is 10.3. The summed E-state index contributed by atoms with van der Waals surface area (Å²) in [5.74, 6) is 1.09. The molecule has 1 aromatic carbocycles. The van der Waals surface area contributed by atoms with Crippen molar-refractivity contribution in [1.82, 2.24) is 20.1 Å². The van der Waals surface area contributed by atoms with Crippen molar-refractivity contribution in [2.45, 2.75) is 44.3 Å². The van der Waals surface area contributed by atoms with Crippen LogP contribution in [0.3, 0.4) is 0 Å². The number of hydrogen-bond donors (Lipinski definition) is 1. The van der Waals surface area contributed by atoms with Crippen LogP contribution in [0.2, 0.25) is 5.02 Å². The highest BCUT2D eigenvalue weighted by atomic mass is 35.5. The Balaban J connectivity index is 1.86. The molecule has 0 bridgehead atoms. The van der Waals surface area contributed by atoms with Gasteiger partial charge < -0.3 is 10.2 Å². The third-order valence-corrected chi connectivity index (χ3v) is 5.70. The number of nitrogens with one attached hydrogen (secondary N) is 1. The van der Waals surface area contributed by atoms with E-state index in [0.29, 0.717) is 15.9 Å². The van der Waals surface area contributed by atoms with E-state index in [1.807, 2.05) is 35.8 Å². The average Bonchev–Trinajstić information content (AvgIpc) is 3.29. The highest BCUT2D eigenvalue weighted by Crippen LogP contribution is 2.31. The smallest absolute Gasteiger partial charge is 0.232 e. The van der Waals surface area contributed by atoms with Gasteiger partial charge in [-0.1, -0.05) is 42.4 Å². The number of hydrogen-bond acceptors (Lipinski definition) is 5. The van der Waals surface area contributed by atoms with E-state index in [1.165, 1.54) is 11.8 Å². The van der Waals surface area contributed by atoms with Gasteiger partial charge in [-0.3, -0.25) is 9.36 Å². The van der Waals surface area contributed by atoms with Crippen molar-refractivity contribution in [1.29, 1.82) is 0 Å². The lowest BCUT2D eigenvalue weighted by atomic mass is 10.3. The third kappa shape index (κ3) is 4.32. The van der Waals surface area contributed by atoms with Crippen LogP contribution < -0.4 is 10.2 Å². The van der Waals surface area contributed by atoms with Crippen molar-refractivity contribution in [3.63, 3.8) is 0 Å². The highest BCUT2D eigenvalue weighted by Gasteiger charge is 2.24. The predicted octanol–water partition coefficient (Wildman–Crippen LogP) is 3.53. The summed E-state index contributed by atoms with van der Waals surface area (Å²) in [4.78, 5) is 14.4. The van der Waals surface area contributed by atoms with E-state index in [1.54, 1.807) is 0 Å². The van der Waals surface area contributed by atoms with Crippen molar-refractivity contribution in [2.24, 2.45) is 0 Å². The van der Waals surface area contributed by atoms with E-state index in [0.717, 1.165) is 44.0 Å². The van der Waals surface area contributed by atoms with Crippen LogP contribution in [-0.4, -0.2) is 45.6 Å². The first-order valence-electron chi connectivity index (χ1n) is 8.97. The zero-order valence-electron chi connectivity index (χ0n) is 15.1. The number of para-hydroxylation sites is 1. The molecule has 0 spiro atoms. The van der Waals surface area contributed by atoms with Crippen LogP contribution in [0.4, 0.5) is 5.95 Å². The molecular weight excluding hydrogens is 370 g/mol. The van der Waals surface area contributed by atoms with Gasteiger partial charge in [0, 0.05) is 19.1 Å². The van der Waals surface area contributed by atoms with Crippen LogP contribution in [0.1, 0.15) is 33.1 Å². The Kier molecular flexibility index (Phi) is 6.43. The number of benzene rings is 1. The maximum absolute atomic E-state index is 12.1. The van der Waals surface area contributed by atoms with E-state index in [-0.39, 0.29) is 11.9 Å². The standard InChI is InChI=1S/C18H24ClN5OS/c1-3-13(2)20-16(25)12-26-18-22-21-17(23-10-6-7-11-23)24(18)15-9-5-4-8-14(15)19/h4-5,8-9,13H,3,6-7,10-12H2,1-2H3,(H,20,25). The summed E-state index contributed by atoms with van der Waals surface area (Å²) in [5.41, 5.74) is 0.839. The Morgan fingerprint density at radius 3 is 2.73 bits per heavy atom. The second-order valence-electron chi connectivity index (χ2n) is 6.43. The van der Waals surface area contributed by atoms with Gasteiger partial charge in [0.1, 0.15) is 0 Å². The highest BCUT2D eigenvalue weighted by molar-refractivity contribution is 7.99. The van der Waals surface area contributed by atoms with Crippen LogP contribution in [0, 0.1) is 0 Å². The van der Waals surface area contributed by atoms with E-state index >= 15 is 0 Å². The summed E-state index contributed by atoms with van der Waals surface area (Å²) in [6, 6.07) is 7.82. The van der Waals surface area contributed by atoms with Gasteiger partial charge in [-0.2, -0.15) is 0 Å². The number of halogens is 1. The zero-order chi connectivity index (χ0) is 18.5. The Morgan fingerprint density at radius 2 is 2.04 bits per heavy atom. The minimum absolute atomic E-state index is 0.000723. The number of aromatic nitrogens is 3. The van der Waals surface area contributed by atoms with Crippen molar-refractivity contribution in [3.8, 4) is 5.69 Å². The largest absolute Gasteiger partial charge is 0.353 e. The Morgan fingerprint density at radius 1 is 1.31 bits per heavy atom. The van der Waals surface area contributed by atoms with Gasteiger partial charge in [0.25, 0.3) is 0 Å². The van der Waals surface area contributed by atoms with Gasteiger partial charge >= 0.3 is 0 Å². The Hall–Kier alpha value is -1.73. The van der Waals surface area contributed by atoms with Gasteiger partial charge in [-0.25, -0.2) is 0 Å². The number of amides is 1. The van der Waals surface area contributed by atoms with Crippen molar-refractivity contribution < 1.29 is 4.79 Å². The third-order valence-electron chi connectivity index (χ3n) is 4.45. The number of carbonyl (C=O) groups excluding carboxylic acids is 1. The van der Waals surface area contributed by atoms with E-state index in [2.05, 4.69) is 27.3 Å². The molecule has 1 atom stereocenters. The maximum Gasteiger partial charge on any atom is 0.232 e. The predicted molar refractivity (Wildman–Crippen MR) is 106 cm³/mol. The molecule has 2 aromatic rings. The molecule has 1 fully saturated rings. The van der Waals surface area contributed by atoms with Crippen LogP contribution in [0.15, 0.2) is 29.4 Å². The number of rotatable bonds is 7. The molecule has 0 radical (unpaired) electrons. The van der Waals surface area contributed by atoms with Crippen molar-refractivity contribution in [2.75, 3.05) is 23.7 Å². The molecule has 1 saturated heterocycles. The van der Waals surface area contributed by atoms with Gasteiger partial charge in [0.2, 0.25) is 11.9 Å². The quantitative estimate of drug-likeness (QED) is 0.729. The second kappa shape index (κ2) is 8.77. The summed E-state index contributed by atoms with van der Waals surface area (Å²) >= 11 is 7.82. The van der Waals surface area contributed by atoms with Gasteiger partial charge in [-0.05, 0) is 38.3 Å². The summed E-state index contributed by atoms with van der Waals surface area (Å²) in [7, 11) is 0. The number of carbonyl (C=O) groups is 1. The monoisotopic (exact) mass is 393 g/mol. The molecule has 3 rings (SSSR count). The molecule has 1 N–H and O–H groups in total. The molecule has 0 aliphatic carbocycles. The fraction of sp³-hybridized carbons (Fsp3) is 0.500. The molecule has 6 nitrogen and oxygen atoms in total. The Labute approximate surface area is 163 Å². The van der Waals surface area contributed by atoms with Gasteiger partial charge in [-0.15, -0.1) is 10.2 Å². The Bertz CT molecular complexity index is 760. The fourth-order valence-corrected chi connectivity index (χ4v) is 3.84. The normalized spacial score (nSPS) is 15.3. The lowest BCUT2D eigenvalue weighted by molar-refractivity contribution is -0.119. The zero-order valence-corrected chi connectivity index (χ0v) is 16.7. The first-order chi connectivity index (χ1) is 12.6.